The van der Waals surface area contributed by atoms with Gasteiger partial charge in [0.05, 0.1) is 16.4 Å². The zero-order chi connectivity index (χ0) is 10.7. The maximum atomic E-state index is 5.63. The quantitative estimate of drug-likeness (QED) is 0.906. The lowest BCUT2D eigenvalue weighted by Crippen LogP contribution is -2.29. The summed E-state index contributed by atoms with van der Waals surface area (Å²) in [6.07, 6.45) is 2.77. The third kappa shape index (κ3) is 2.38. The number of aromatic nitrogens is 1. The first-order valence-electron chi connectivity index (χ1n) is 4.70. The highest BCUT2D eigenvalue weighted by Crippen LogP contribution is 2.26. The Morgan fingerprint density at radius 3 is 2.79 bits per heavy atom. The Kier molecular flexibility index (Phi) is 3.75. The zero-order valence-electron chi connectivity index (χ0n) is 8.79. The molecule has 1 aromatic heterocycles. The van der Waals surface area contributed by atoms with Crippen molar-refractivity contribution < 1.29 is 0 Å². The number of hydrogen-bond acceptors (Lipinski definition) is 3. The molecule has 2 N–H and O–H groups in total. The Balaban J connectivity index is 2.95. The number of nitrogens with zero attached hydrogens (tertiary/aromatic N) is 2. The smallest absolute Gasteiger partial charge is 0.143 e. The Morgan fingerprint density at radius 2 is 2.29 bits per heavy atom. The molecule has 0 aromatic carbocycles. The van der Waals surface area contributed by atoms with Gasteiger partial charge in [-0.3, -0.25) is 0 Å². The predicted octanol–water partition coefficient (Wildman–Crippen LogP) is 2.66. The molecular weight excluding hydrogens is 242 g/mol. The van der Waals surface area contributed by atoms with Gasteiger partial charge in [0.1, 0.15) is 5.82 Å². The van der Waals surface area contributed by atoms with Crippen molar-refractivity contribution in [2.75, 3.05) is 17.7 Å². The Morgan fingerprint density at radius 1 is 1.64 bits per heavy atom. The average molecular weight is 258 g/mol. The van der Waals surface area contributed by atoms with E-state index in [1.165, 1.54) is 0 Å². The van der Waals surface area contributed by atoms with Gasteiger partial charge in [-0.05, 0) is 35.3 Å². The molecule has 0 radical (unpaired) electrons. The molecule has 0 aliphatic rings. The largest absolute Gasteiger partial charge is 0.397 e. The highest BCUT2D eigenvalue weighted by Gasteiger charge is 2.12. The number of nitrogens with two attached hydrogens (primary N) is 1. The van der Waals surface area contributed by atoms with Crippen LogP contribution in [0.4, 0.5) is 11.5 Å². The minimum absolute atomic E-state index is 0.474. The van der Waals surface area contributed by atoms with Crippen LogP contribution in [0, 0.1) is 0 Å². The van der Waals surface area contributed by atoms with Crippen LogP contribution in [0.15, 0.2) is 16.7 Å². The summed E-state index contributed by atoms with van der Waals surface area (Å²) in [4.78, 5) is 6.44. The summed E-state index contributed by atoms with van der Waals surface area (Å²) in [5.41, 5.74) is 6.30. The summed E-state index contributed by atoms with van der Waals surface area (Å²) in [6, 6.07) is 2.35. The zero-order valence-corrected chi connectivity index (χ0v) is 10.4. The van der Waals surface area contributed by atoms with Gasteiger partial charge in [0.25, 0.3) is 0 Å². The molecule has 1 heterocycles. The minimum atomic E-state index is 0.474. The Hall–Kier alpha value is -0.770. The van der Waals surface area contributed by atoms with Crippen molar-refractivity contribution in [3.63, 3.8) is 0 Å². The van der Waals surface area contributed by atoms with E-state index in [1.807, 2.05) is 13.1 Å². The molecule has 1 atom stereocenters. The lowest BCUT2D eigenvalue weighted by molar-refractivity contribution is 0.656. The van der Waals surface area contributed by atoms with Crippen molar-refractivity contribution in [1.29, 1.82) is 0 Å². The van der Waals surface area contributed by atoms with Crippen molar-refractivity contribution in [2.45, 2.75) is 26.3 Å². The molecule has 3 nitrogen and oxygen atoms in total. The van der Waals surface area contributed by atoms with Crippen molar-refractivity contribution in [3.8, 4) is 0 Å². The van der Waals surface area contributed by atoms with Crippen LogP contribution >= 0.6 is 15.9 Å². The highest BCUT2D eigenvalue weighted by atomic mass is 79.9. The molecule has 14 heavy (non-hydrogen) atoms. The molecular formula is C10H16BrN3. The van der Waals surface area contributed by atoms with E-state index in [2.05, 4.69) is 39.7 Å². The van der Waals surface area contributed by atoms with Crippen LogP contribution in [0.2, 0.25) is 0 Å². The lowest BCUT2D eigenvalue weighted by atomic mass is 10.2. The third-order valence-electron chi connectivity index (χ3n) is 2.43. The van der Waals surface area contributed by atoms with Gasteiger partial charge in [-0.25, -0.2) is 4.98 Å². The monoisotopic (exact) mass is 257 g/mol. The third-order valence-corrected chi connectivity index (χ3v) is 3.01. The minimum Gasteiger partial charge on any atom is -0.397 e. The van der Waals surface area contributed by atoms with Crippen LogP contribution in [0.1, 0.15) is 20.3 Å². The first kappa shape index (κ1) is 11.3. The van der Waals surface area contributed by atoms with Crippen molar-refractivity contribution in [2.24, 2.45) is 0 Å². The second-order valence-electron chi connectivity index (χ2n) is 3.44. The molecule has 4 heteroatoms. The van der Waals surface area contributed by atoms with Gasteiger partial charge in [0, 0.05) is 13.1 Å². The summed E-state index contributed by atoms with van der Waals surface area (Å²) >= 11 is 3.46. The molecule has 1 rings (SSSR count). The Bertz CT molecular complexity index is 314. The van der Waals surface area contributed by atoms with Crippen LogP contribution in [0.25, 0.3) is 0 Å². The number of halogens is 1. The molecule has 0 saturated heterocycles. The maximum absolute atomic E-state index is 5.63. The van der Waals surface area contributed by atoms with Gasteiger partial charge in [0.15, 0.2) is 0 Å². The van der Waals surface area contributed by atoms with E-state index in [4.69, 9.17) is 5.73 Å². The van der Waals surface area contributed by atoms with E-state index in [-0.39, 0.29) is 0 Å². The first-order valence-corrected chi connectivity index (χ1v) is 5.49. The average Bonchev–Trinajstić information content (AvgIpc) is 2.15. The van der Waals surface area contributed by atoms with Gasteiger partial charge >= 0.3 is 0 Å². The molecule has 0 spiro atoms. The van der Waals surface area contributed by atoms with E-state index in [0.717, 1.165) is 16.7 Å². The fourth-order valence-corrected chi connectivity index (χ4v) is 1.83. The molecule has 78 valence electrons. The molecule has 0 fully saturated rings. The molecule has 1 aromatic rings. The number of anilines is 2. The lowest BCUT2D eigenvalue weighted by Gasteiger charge is -2.25. The Labute approximate surface area is 93.4 Å². The molecule has 1 unspecified atom stereocenters. The summed E-state index contributed by atoms with van der Waals surface area (Å²) in [5.74, 6) is 0.938. The van der Waals surface area contributed by atoms with E-state index < -0.39 is 0 Å². The van der Waals surface area contributed by atoms with Crippen LogP contribution in [-0.2, 0) is 0 Å². The predicted molar refractivity (Wildman–Crippen MR) is 64.5 cm³/mol. The topological polar surface area (TPSA) is 42.2 Å². The normalized spacial score (nSPS) is 12.6. The summed E-state index contributed by atoms with van der Waals surface area (Å²) in [6.45, 7) is 4.33. The van der Waals surface area contributed by atoms with Gasteiger partial charge in [-0.15, -0.1) is 0 Å². The molecule has 0 saturated carbocycles. The van der Waals surface area contributed by atoms with Crippen molar-refractivity contribution in [1.82, 2.24) is 4.98 Å². The SMILES string of the molecule is CCC(C)N(C)c1ncc(N)cc1Br. The number of hydrogen-bond donors (Lipinski definition) is 1. The van der Waals surface area contributed by atoms with Crippen molar-refractivity contribution in [3.05, 3.63) is 16.7 Å². The standard InChI is InChI=1S/C10H16BrN3/c1-4-7(2)14(3)10-9(11)5-8(12)6-13-10/h5-7H,4,12H2,1-3H3. The second-order valence-corrected chi connectivity index (χ2v) is 4.30. The number of pyridine rings is 1. The summed E-state index contributed by atoms with van der Waals surface area (Å²) in [5, 5.41) is 0. The number of nitrogen functional groups attached to an aromatic ring is 1. The molecule has 0 aliphatic carbocycles. The second kappa shape index (κ2) is 4.64. The van der Waals surface area contributed by atoms with Gasteiger partial charge in [0.2, 0.25) is 0 Å². The van der Waals surface area contributed by atoms with Crippen LogP contribution in [-0.4, -0.2) is 18.1 Å². The summed E-state index contributed by atoms with van der Waals surface area (Å²) < 4.78 is 0.945. The first-order chi connectivity index (χ1) is 6.56. The van der Waals surface area contributed by atoms with Gasteiger partial charge in [-0.1, -0.05) is 6.92 Å². The summed E-state index contributed by atoms with van der Waals surface area (Å²) in [7, 11) is 2.04. The van der Waals surface area contributed by atoms with Crippen LogP contribution < -0.4 is 10.6 Å². The number of rotatable bonds is 3. The van der Waals surface area contributed by atoms with E-state index in [1.54, 1.807) is 6.20 Å². The van der Waals surface area contributed by atoms with Gasteiger partial charge < -0.3 is 10.6 Å². The van der Waals surface area contributed by atoms with E-state index in [0.29, 0.717) is 11.7 Å². The molecule has 0 bridgehead atoms. The molecule has 0 amide bonds. The highest BCUT2D eigenvalue weighted by molar-refractivity contribution is 9.10. The van der Waals surface area contributed by atoms with E-state index >= 15 is 0 Å². The van der Waals surface area contributed by atoms with Crippen LogP contribution in [0.5, 0.6) is 0 Å². The van der Waals surface area contributed by atoms with Crippen molar-refractivity contribution >= 4 is 27.4 Å². The van der Waals surface area contributed by atoms with Gasteiger partial charge in [-0.2, -0.15) is 0 Å². The van der Waals surface area contributed by atoms with E-state index in [9.17, 15) is 0 Å². The van der Waals surface area contributed by atoms with Crippen LogP contribution in [0.3, 0.4) is 0 Å². The fourth-order valence-electron chi connectivity index (χ4n) is 1.19. The fraction of sp³-hybridized carbons (Fsp3) is 0.500. The maximum Gasteiger partial charge on any atom is 0.143 e. The molecule has 0 aliphatic heterocycles.